The molecule has 0 aliphatic carbocycles. The summed E-state index contributed by atoms with van der Waals surface area (Å²) in [5, 5.41) is 13.0. The average molecular weight is 201 g/mol. The van der Waals surface area contributed by atoms with Crippen molar-refractivity contribution < 1.29 is 9.84 Å². The van der Waals surface area contributed by atoms with Gasteiger partial charge in [-0.2, -0.15) is 0 Å². The zero-order chi connectivity index (χ0) is 10.4. The van der Waals surface area contributed by atoms with Crippen LogP contribution in [0.5, 0.6) is 0 Å². The van der Waals surface area contributed by atoms with Crippen molar-refractivity contribution in [3.05, 3.63) is 0 Å². The second-order valence-corrected chi connectivity index (χ2v) is 4.61. The van der Waals surface area contributed by atoms with Crippen molar-refractivity contribution in [1.29, 1.82) is 0 Å². The third-order valence-corrected chi connectivity index (χ3v) is 2.55. The fraction of sp³-hybridized carbons (Fsp3) is 1.00. The molecule has 0 spiro atoms. The second-order valence-electron chi connectivity index (χ2n) is 4.61. The van der Waals surface area contributed by atoms with Gasteiger partial charge in [-0.3, -0.25) is 0 Å². The van der Waals surface area contributed by atoms with Crippen LogP contribution in [0, 0.1) is 5.92 Å². The maximum absolute atomic E-state index is 9.65. The van der Waals surface area contributed by atoms with Gasteiger partial charge in [-0.25, -0.2) is 0 Å². The third kappa shape index (κ3) is 4.94. The van der Waals surface area contributed by atoms with E-state index in [1.54, 1.807) is 0 Å². The Balaban J connectivity index is 2.06. The first-order chi connectivity index (χ1) is 6.68. The lowest BCUT2D eigenvalue weighted by Gasteiger charge is -2.24. The summed E-state index contributed by atoms with van der Waals surface area (Å²) in [6.07, 6.45) is 2.98. The van der Waals surface area contributed by atoms with Crippen molar-refractivity contribution in [3.63, 3.8) is 0 Å². The molecule has 1 rings (SSSR count). The molecule has 1 aliphatic rings. The SMILES string of the molecule is CC(C)CC(O)CNC1CCCOC1. The lowest BCUT2D eigenvalue weighted by Crippen LogP contribution is -2.41. The minimum absolute atomic E-state index is 0.211. The summed E-state index contributed by atoms with van der Waals surface area (Å²) in [6.45, 7) is 6.66. The Hall–Kier alpha value is -0.120. The van der Waals surface area contributed by atoms with Gasteiger partial charge in [0.05, 0.1) is 12.7 Å². The van der Waals surface area contributed by atoms with E-state index in [1.807, 2.05) is 0 Å². The highest BCUT2D eigenvalue weighted by atomic mass is 16.5. The van der Waals surface area contributed by atoms with Gasteiger partial charge < -0.3 is 15.2 Å². The molecule has 3 nitrogen and oxygen atoms in total. The number of aliphatic hydroxyl groups is 1. The Morgan fingerprint density at radius 1 is 1.50 bits per heavy atom. The van der Waals surface area contributed by atoms with Gasteiger partial charge >= 0.3 is 0 Å². The first-order valence-corrected chi connectivity index (χ1v) is 5.67. The zero-order valence-corrected chi connectivity index (χ0v) is 9.33. The molecular weight excluding hydrogens is 178 g/mol. The van der Waals surface area contributed by atoms with Crippen LogP contribution in [0.2, 0.25) is 0 Å². The molecule has 0 bridgehead atoms. The first kappa shape index (κ1) is 12.0. The molecule has 2 unspecified atom stereocenters. The van der Waals surface area contributed by atoms with Gasteiger partial charge in [-0.15, -0.1) is 0 Å². The largest absolute Gasteiger partial charge is 0.392 e. The lowest BCUT2D eigenvalue weighted by molar-refractivity contribution is 0.0620. The van der Waals surface area contributed by atoms with Gasteiger partial charge in [0.15, 0.2) is 0 Å². The topological polar surface area (TPSA) is 41.5 Å². The van der Waals surface area contributed by atoms with Crippen LogP contribution in [0.15, 0.2) is 0 Å². The molecule has 0 amide bonds. The van der Waals surface area contributed by atoms with E-state index in [0.717, 1.165) is 26.1 Å². The summed E-state index contributed by atoms with van der Waals surface area (Å²) in [5.74, 6) is 0.564. The Labute approximate surface area is 86.8 Å². The van der Waals surface area contributed by atoms with Crippen LogP contribution in [0.4, 0.5) is 0 Å². The van der Waals surface area contributed by atoms with Gasteiger partial charge in [0.2, 0.25) is 0 Å². The van der Waals surface area contributed by atoms with Crippen LogP contribution in [-0.4, -0.2) is 37.0 Å². The van der Waals surface area contributed by atoms with Crippen molar-refractivity contribution in [2.75, 3.05) is 19.8 Å². The Morgan fingerprint density at radius 3 is 2.86 bits per heavy atom. The average Bonchev–Trinajstić information content (AvgIpc) is 2.15. The Bertz CT molecular complexity index is 144. The normalized spacial score (nSPS) is 25.3. The predicted molar refractivity (Wildman–Crippen MR) is 57.3 cm³/mol. The number of hydrogen-bond acceptors (Lipinski definition) is 3. The van der Waals surface area contributed by atoms with E-state index in [1.165, 1.54) is 6.42 Å². The van der Waals surface area contributed by atoms with E-state index in [0.29, 0.717) is 18.5 Å². The van der Waals surface area contributed by atoms with Gasteiger partial charge in [-0.1, -0.05) is 13.8 Å². The molecule has 0 radical (unpaired) electrons. The molecule has 0 aromatic rings. The third-order valence-electron chi connectivity index (χ3n) is 2.55. The Kier molecular flexibility index (Phi) is 5.45. The molecule has 84 valence electrons. The minimum Gasteiger partial charge on any atom is -0.392 e. The van der Waals surface area contributed by atoms with E-state index < -0.39 is 0 Å². The maximum Gasteiger partial charge on any atom is 0.0667 e. The molecule has 2 N–H and O–H groups in total. The predicted octanol–water partition coefficient (Wildman–Crippen LogP) is 1.16. The summed E-state index contributed by atoms with van der Waals surface area (Å²) in [7, 11) is 0. The van der Waals surface area contributed by atoms with Gasteiger partial charge in [-0.05, 0) is 25.2 Å². The molecule has 2 atom stereocenters. The van der Waals surface area contributed by atoms with Crippen LogP contribution in [-0.2, 0) is 4.74 Å². The van der Waals surface area contributed by atoms with Crippen molar-refractivity contribution in [2.45, 2.75) is 45.3 Å². The fourth-order valence-corrected chi connectivity index (χ4v) is 1.83. The Morgan fingerprint density at radius 2 is 2.29 bits per heavy atom. The van der Waals surface area contributed by atoms with Crippen molar-refractivity contribution in [1.82, 2.24) is 5.32 Å². The second kappa shape index (κ2) is 6.38. The molecule has 1 heterocycles. The molecule has 3 heteroatoms. The van der Waals surface area contributed by atoms with Crippen LogP contribution < -0.4 is 5.32 Å². The number of aliphatic hydroxyl groups excluding tert-OH is 1. The smallest absolute Gasteiger partial charge is 0.0667 e. The van der Waals surface area contributed by atoms with Crippen LogP contribution in [0.25, 0.3) is 0 Å². The summed E-state index contributed by atoms with van der Waals surface area (Å²) in [4.78, 5) is 0. The molecule has 14 heavy (non-hydrogen) atoms. The number of rotatable bonds is 5. The highest BCUT2D eigenvalue weighted by Crippen LogP contribution is 2.07. The van der Waals surface area contributed by atoms with Crippen molar-refractivity contribution in [2.24, 2.45) is 5.92 Å². The number of hydrogen-bond donors (Lipinski definition) is 2. The molecule has 1 saturated heterocycles. The monoisotopic (exact) mass is 201 g/mol. The summed E-state index contributed by atoms with van der Waals surface area (Å²) < 4.78 is 5.35. The highest BCUT2D eigenvalue weighted by Gasteiger charge is 2.14. The quantitative estimate of drug-likeness (QED) is 0.701. The van der Waals surface area contributed by atoms with Crippen LogP contribution in [0.1, 0.15) is 33.1 Å². The van der Waals surface area contributed by atoms with E-state index >= 15 is 0 Å². The fourth-order valence-electron chi connectivity index (χ4n) is 1.83. The van der Waals surface area contributed by atoms with Gasteiger partial charge in [0, 0.05) is 19.2 Å². The van der Waals surface area contributed by atoms with Gasteiger partial charge in [0.1, 0.15) is 0 Å². The molecule has 0 aromatic heterocycles. The number of ether oxygens (including phenoxy) is 1. The summed E-state index contributed by atoms with van der Waals surface area (Å²) in [6, 6.07) is 0.450. The van der Waals surface area contributed by atoms with Crippen LogP contribution >= 0.6 is 0 Å². The molecule has 0 aromatic carbocycles. The molecular formula is C11H23NO2. The van der Waals surface area contributed by atoms with Crippen molar-refractivity contribution >= 4 is 0 Å². The van der Waals surface area contributed by atoms with Crippen LogP contribution in [0.3, 0.4) is 0 Å². The van der Waals surface area contributed by atoms with E-state index in [2.05, 4.69) is 19.2 Å². The first-order valence-electron chi connectivity index (χ1n) is 5.67. The zero-order valence-electron chi connectivity index (χ0n) is 9.33. The molecule has 1 aliphatic heterocycles. The van der Waals surface area contributed by atoms with Crippen molar-refractivity contribution in [3.8, 4) is 0 Å². The summed E-state index contributed by atoms with van der Waals surface area (Å²) in [5.41, 5.74) is 0. The molecule has 0 saturated carbocycles. The standard InChI is InChI=1S/C11H23NO2/c1-9(2)6-11(13)7-12-10-4-3-5-14-8-10/h9-13H,3-8H2,1-2H3. The van der Waals surface area contributed by atoms with Gasteiger partial charge in [0.25, 0.3) is 0 Å². The lowest BCUT2D eigenvalue weighted by atomic mass is 10.1. The van der Waals surface area contributed by atoms with E-state index in [-0.39, 0.29) is 6.10 Å². The minimum atomic E-state index is -0.211. The summed E-state index contributed by atoms with van der Waals surface area (Å²) >= 11 is 0. The number of nitrogens with one attached hydrogen (secondary N) is 1. The maximum atomic E-state index is 9.65. The van der Waals surface area contributed by atoms with E-state index in [4.69, 9.17) is 4.74 Å². The van der Waals surface area contributed by atoms with E-state index in [9.17, 15) is 5.11 Å². The highest BCUT2D eigenvalue weighted by molar-refractivity contribution is 4.72. The molecule has 1 fully saturated rings.